The number of nitrogens with one attached hydrogen (secondary N) is 1. The van der Waals surface area contributed by atoms with E-state index < -0.39 is 0 Å². The van der Waals surface area contributed by atoms with Gasteiger partial charge in [0.15, 0.2) is 11.5 Å². The minimum absolute atomic E-state index is 0.138. The first-order valence-corrected chi connectivity index (χ1v) is 7.44. The number of carbonyl (C=O) groups excluding carboxylic acids is 1. The molecule has 0 saturated heterocycles. The number of aromatic nitrogens is 1. The van der Waals surface area contributed by atoms with Crippen molar-refractivity contribution in [2.45, 2.75) is 13.3 Å². The molecule has 2 aromatic carbocycles. The first-order valence-electron chi connectivity index (χ1n) is 7.44. The van der Waals surface area contributed by atoms with Crippen molar-refractivity contribution in [1.82, 2.24) is 10.3 Å². The molecular weight excluding hydrogens is 292 g/mol. The molecule has 1 N–H and O–H groups in total. The smallest absolute Gasteiger partial charge is 0.255 e. The molecule has 118 valence electrons. The Kier molecular flexibility index (Phi) is 4.28. The third-order valence-corrected chi connectivity index (χ3v) is 3.61. The minimum Gasteiger partial charge on any atom is -0.496 e. The van der Waals surface area contributed by atoms with Crippen LogP contribution in [-0.2, 0) is 6.42 Å². The van der Waals surface area contributed by atoms with Crippen LogP contribution in [0.15, 0.2) is 46.9 Å². The fourth-order valence-electron chi connectivity index (χ4n) is 2.49. The fourth-order valence-corrected chi connectivity index (χ4v) is 2.49. The molecule has 5 nitrogen and oxygen atoms in total. The van der Waals surface area contributed by atoms with Crippen molar-refractivity contribution in [3.05, 3.63) is 59.5 Å². The molecule has 0 atom stereocenters. The van der Waals surface area contributed by atoms with Crippen LogP contribution in [0.1, 0.15) is 21.8 Å². The predicted octanol–water partition coefficient (Wildman–Crippen LogP) is 3.12. The third-order valence-electron chi connectivity index (χ3n) is 3.61. The lowest BCUT2D eigenvalue weighted by Gasteiger charge is -2.09. The van der Waals surface area contributed by atoms with Gasteiger partial charge in [0.25, 0.3) is 5.91 Å². The number of nitrogens with zero attached hydrogens (tertiary/aromatic N) is 1. The monoisotopic (exact) mass is 310 g/mol. The zero-order chi connectivity index (χ0) is 16.2. The van der Waals surface area contributed by atoms with E-state index in [0.717, 1.165) is 23.1 Å². The molecule has 1 amide bonds. The second kappa shape index (κ2) is 6.52. The maximum Gasteiger partial charge on any atom is 0.255 e. The molecule has 0 spiro atoms. The van der Waals surface area contributed by atoms with Gasteiger partial charge in [-0.2, -0.15) is 0 Å². The summed E-state index contributed by atoms with van der Waals surface area (Å²) in [5, 5.41) is 2.91. The molecule has 3 rings (SSSR count). The van der Waals surface area contributed by atoms with Gasteiger partial charge in [-0.3, -0.25) is 4.79 Å². The normalized spacial score (nSPS) is 10.7. The van der Waals surface area contributed by atoms with E-state index >= 15 is 0 Å². The van der Waals surface area contributed by atoms with E-state index in [0.29, 0.717) is 23.7 Å². The van der Waals surface area contributed by atoms with Crippen LogP contribution >= 0.6 is 0 Å². The number of methoxy groups -OCH3 is 1. The highest BCUT2D eigenvalue weighted by Crippen LogP contribution is 2.18. The van der Waals surface area contributed by atoms with Crippen molar-refractivity contribution >= 4 is 17.0 Å². The minimum atomic E-state index is -0.138. The van der Waals surface area contributed by atoms with E-state index in [1.807, 2.05) is 37.3 Å². The van der Waals surface area contributed by atoms with Gasteiger partial charge in [0.1, 0.15) is 11.3 Å². The molecule has 0 fully saturated rings. The van der Waals surface area contributed by atoms with Crippen LogP contribution in [0.5, 0.6) is 5.75 Å². The summed E-state index contributed by atoms with van der Waals surface area (Å²) < 4.78 is 10.7. The summed E-state index contributed by atoms with van der Waals surface area (Å²) in [6.07, 6.45) is 0.725. The first kappa shape index (κ1) is 15.1. The number of hydrogen-bond acceptors (Lipinski definition) is 4. The van der Waals surface area contributed by atoms with Gasteiger partial charge in [-0.25, -0.2) is 4.98 Å². The average molecular weight is 310 g/mol. The highest BCUT2D eigenvalue weighted by atomic mass is 16.5. The number of rotatable bonds is 5. The van der Waals surface area contributed by atoms with Crippen molar-refractivity contribution in [2.24, 2.45) is 0 Å². The molecule has 0 radical (unpaired) electrons. The van der Waals surface area contributed by atoms with Crippen molar-refractivity contribution in [2.75, 3.05) is 13.7 Å². The van der Waals surface area contributed by atoms with E-state index in [1.54, 1.807) is 19.2 Å². The molecular formula is C18H18N2O3. The van der Waals surface area contributed by atoms with Crippen LogP contribution in [0.25, 0.3) is 11.1 Å². The van der Waals surface area contributed by atoms with Crippen LogP contribution in [0, 0.1) is 6.92 Å². The summed E-state index contributed by atoms with van der Waals surface area (Å²) in [7, 11) is 1.56. The number of aryl methyl sites for hydroxylation is 1. The number of benzene rings is 2. The van der Waals surface area contributed by atoms with Gasteiger partial charge in [0, 0.05) is 13.5 Å². The summed E-state index contributed by atoms with van der Waals surface area (Å²) in [5.41, 5.74) is 3.27. The van der Waals surface area contributed by atoms with Gasteiger partial charge in [0.2, 0.25) is 0 Å². The summed E-state index contributed by atoms with van der Waals surface area (Å²) in [4.78, 5) is 16.5. The van der Waals surface area contributed by atoms with E-state index in [-0.39, 0.29) is 5.91 Å². The molecule has 1 aromatic heterocycles. The molecule has 0 aliphatic heterocycles. The van der Waals surface area contributed by atoms with Crippen LogP contribution in [0.4, 0.5) is 0 Å². The average Bonchev–Trinajstić information content (AvgIpc) is 2.94. The molecule has 1 heterocycles. The zero-order valence-electron chi connectivity index (χ0n) is 13.1. The lowest BCUT2D eigenvalue weighted by molar-refractivity contribution is 0.0951. The van der Waals surface area contributed by atoms with Crippen molar-refractivity contribution in [3.8, 4) is 5.75 Å². The number of para-hydroxylation sites is 1. The second-order valence-corrected chi connectivity index (χ2v) is 5.24. The molecule has 0 aliphatic rings. The van der Waals surface area contributed by atoms with E-state index in [9.17, 15) is 4.79 Å². The topological polar surface area (TPSA) is 64.4 Å². The summed E-state index contributed by atoms with van der Waals surface area (Å²) in [6.45, 7) is 2.37. The maximum absolute atomic E-state index is 12.2. The first-order chi connectivity index (χ1) is 11.2. The van der Waals surface area contributed by atoms with Crippen LogP contribution in [-0.4, -0.2) is 24.5 Å². The third kappa shape index (κ3) is 3.34. The SMILES string of the molecule is COc1ccccc1C(=O)NCCc1ccc2oc(C)nc2c1. The number of hydrogen-bond donors (Lipinski definition) is 1. The Morgan fingerprint density at radius 2 is 2.09 bits per heavy atom. The standard InChI is InChI=1S/C18H18N2O3/c1-12-20-15-11-13(7-8-17(15)23-12)9-10-19-18(21)14-5-3-4-6-16(14)22-2/h3-8,11H,9-10H2,1-2H3,(H,19,21). The van der Waals surface area contributed by atoms with Gasteiger partial charge >= 0.3 is 0 Å². The molecule has 0 bridgehead atoms. The van der Waals surface area contributed by atoms with Gasteiger partial charge in [-0.1, -0.05) is 18.2 Å². The molecule has 23 heavy (non-hydrogen) atoms. The fraction of sp³-hybridized carbons (Fsp3) is 0.222. The van der Waals surface area contributed by atoms with Gasteiger partial charge in [-0.05, 0) is 36.2 Å². The number of carbonyl (C=O) groups is 1. The Labute approximate surface area is 134 Å². The van der Waals surface area contributed by atoms with E-state index in [4.69, 9.17) is 9.15 Å². The van der Waals surface area contributed by atoms with Crippen molar-refractivity contribution < 1.29 is 13.9 Å². The van der Waals surface area contributed by atoms with E-state index in [1.165, 1.54) is 0 Å². The Bertz CT molecular complexity index is 839. The zero-order valence-corrected chi connectivity index (χ0v) is 13.1. The number of oxazole rings is 1. The Morgan fingerprint density at radius 1 is 1.26 bits per heavy atom. The number of ether oxygens (including phenoxy) is 1. The van der Waals surface area contributed by atoms with Crippen molar-refractivity contribution in [1.29, 1.82) is 0 Å². The molecule has 0 unspecified atom stereocenters. The van der Waals surface area contributed by atoms with Gasteiger partial charge in [-0.15, -0.1) is 0 Å². The summed E-state index contributed by atoms with van der Waals surface area (Å²) in [5.74, 6) is 1.09. The number of fused-ring (bicyclic) bond motifs is 1. The van der Waals surface area contributed by atoms with Gasteiger partial charge in [0.05, 0.1) is 12.7 Å². The van der Waals surface area contributed by atoms with Crippen LogP contribution in [0.2, 0.25) is 0 Å². The molecule has 0 saturated carbocycles. The highest BCUT2D eigenvalue weighted by Gasteiger charge is 2.10. The lowest BCUT2D eigenvalue weighted by Crippen LogP contribution is -2.26. The van der Waals surface area contributed by atoms with Crippen LogP contribution in [0.3, 0.4) is 0 Å². The molecule has 3 aromatic rings. The quantitative estimate of drug-likeness (QED) is 0.786. The molecule has 0 aliphatic carbocycles. The summed E-state index contributed by atoms with van der Waals surface area (Å²) in [6, 6.07) is 13.1. The van der Waals surface area contributed by atoms with E-state index in [2.05, 4.69) is 10.3 Å². The highest BCUT2D eigenvalue weighted by molar-refractivity contribution is 5.96. The van der Waals surface area contributed by atoms with Crippen molar-refractivity contribution in [3.63, 3.8) is 0 Å². The van der Waals surface area contributed by atoms with Gasteiger partial charge < -0.3 is 14.5 Å². The maximum atomic E-state index is 12.2. The Balaban J connectivity index is 1.62. The second-order valence-electron chi connectivity index (χ2n) is 5.24. The largest absolute Gasteiger partial charge is 0.496 e. The molecule has 5 heteroatoms. The summed E-state index contributed by atoms with van der Waals surface area (Å²) >= 11 is 0. The predicted molar refractivity (Wildman–Crippen MR) is 87.8 cm³/mol. The lowest BCUT2D eigenvalue weighted by atomic mass is 10.1. The van der Waals surface area contributed by atoms with Crippen LogP contribution < -0.4 is 10.1 Å². The number of amides is 1. The Hall–Kier alpha value is -2.82. The Morgan fingerprint density at radius 3 is 2.91 bits per heavy atom.